The number of nitrogens with zero attached hydrogens (tertiary/aromatic N) is 4. The Hall–Kier alpha value is -1.69. The molecule has 3 heterocycles. The molecule has 0 spiro atoms. The summed E-state index contributed by atoms with van der Waals surface area (Å²) in [6, 6.07) is 3.72. The summed E-state index contributed by atoms with van der Waals surface area (Å²) in [5, 5.41) is 9.50. The van der Waals surface area contributed by atoms with Crippen LogP contribution in [0.25, 0.3) is 0 Å². The Morgan fingerprint density at radius 2 is 2.19 bits per heavy atom. The summed E-state index contributed by atoms with van der Waals surface area (Å²) < 4.78 is 2.21. The molecule has 0 atom stereocenters. The number of carbonyl (C=O) groups excluding carboxylic acids is 1. The number of aryl methyl sites for hydroxylation is 1. The van der Waals surface area contributed by atoms with Crippen molar-refractivity contribution in [2.75, 3.05) is 0 Å². The summed E-state index contributed by atoms with van der Waals surface area (Å²) in [4.78, 5) is 16.8. The molecule has 0 aromatic carbocycles. The fraction of sp³-hybridized carbons (Fsp3) is 0.467. The second kappa shape index (κ2) is 6.39. The van der Waals surface area contributed by atoms with Gasteiger partial charge in [0.05, 0.1) is 0 Å². The van der Waals surface area contributed by atoms with Gasteiger partial charge in [0.2, 0.25) is 0 Å². The number of carbonyl (C=O) groups is 1. The fourth-order valence-corrected chi connectivity index (χ4v) is 3.27. The highest BCUT2D eigenvalue weighted by Crippen LogP contribution is 2.28. The lowest BCUT2D eigenvalue weighted by molar-refractivity contribution is 0.0983. The van der Waals surface area contributed by atoms with Gasteiger partial charge in [-0.1, -0.05) is 13.3 Å². The van der Waals surface area contributed by atoms with Crippen molar-refractivity contribution in [1.82, 2.24) is 19.7 Å². The van der Waals surface area contributed by atoms with Gasteiger partial charge in [-0.25, -0.2) is 0 Å². The van der Waals surface area contributed by atoms with Crippen LogP contribution in [0.5, 0.6) is 0 Å². The number of aromatic nitrogens is 4. The molecule has 0 saturated carbocycles. The van der Waals surface area contributed by atoms with Crippen LogP contribution in [0.3, 0.4) is 0 Å². The van der Waals surface area contributed by atoms with E-state index in [1.807, 2.05) is 13.0 Å². The average molecular weight is 302 g/mol. The van der Waals surface area contributed by atoms with Gasteiger partial charge in [0, 0.05) is 30.5 Å². The SMILES string of the molecule is CCC(=O)c1ccc(Sc2nnc3n2CCCCC3)cn1. The summed E-state index contributed by atoms with van der Waals surface area (Å²) in [5.74, 6) is 1.16. The molecule has 5 nitrogen and oxygen atoms in total. The van der Waals surface area contributed by atoms with E-state index < -0.39 is 0 Å². The highest BCUT2D eigenvalue weighted by molar-refractivity contribution is 7.99. The minimum atomic E-state index is 0.0721. The van der Waals surface area contributed by atoms with E-state index >= 15 is 0 Å². The lowest BCUT2D eigenvalue weighted by Crippen LogP contribution is -2.02. The molecule has 21 heavy (non-hydrogen) atoms. The van der Waals surface area contributed by atoms with Crippen LogP contribution in [0.2, 0.25) is 0 Å². The number of hydrogen-bond acceptors (Lipinski definition) is 5. The Balaban J connectivity index is 1.78. The average Bonchev–Trinajstić information content (AvgIpc) is 2.75. The van der Waals surface area contributed by atoms with Crippen LogP contribution in [0, 0.1) is 0 Å². The molecule has 0 radical (unpaired) electrons. The van der Waals surface area contributed by atoms with Crippen molar-refractivity contribution < 1.29 is 4.79 Å². The van der Waals surface area contributed by atoms with E-state index in [2.05, 4.69) is 19.7 Å². The van der Waals surface area contributed by atoms with Gasteiger partial charge in [0.1, 0.15) is 11.5 Å². The summed E-state index contributed by atoms with van der Waals surface area (Å²) in [6.07, 6.45) is 6.86. The molecular weight excluding hydrogens is 284 g/mol. The molecule has 0 unspecified atom stereocenters. The Morgan fingerprint density at radius 3 is 2.95 bits per heavy atom. The minimum absolute atomic E-state index is 0.0721. The third kappa shape index (κ3) is 3.15. The molecule has 0 saturated heterocycles. The number of fused-ring (bicyclic) bond motifs is 1. The Morgan fingerprint density at radius 1 is 1.29 bits per heavy atom. The summed E-state index contributed by atoms with van der Waals surface area (Å²) in [7, 11) is 0. The molecular formula is C15H18N4OS. The molecule has 6 heteroatoms. The number of rotatable bonds is 4. The highest BCUT2D eigenvalue weighted by atomic mass is 32.2. The molecule has 2 aromatic heterocycles. The van der Waals surface area contributed by atoms with Gasteiger partial charge in [0.25, 0.3) is 0 Å². The fourth-order valence-electron chi connectivity index (χ4n) is 2.43. The van der Waals surface area contributed by atoms with E-state index in [0.717, 1.165) is 28.8 Å². The van der Waals surface area contributed by atoms with E-state index in [-0.39, 0.29) is 5.78 Å². The van der Waals surface area contributed by atoms with Crippen LogP contribution in [-0.2, 0) is 13.0 Å². The molecule has 0 amide bonds. The maximum absolute atomic E-state index is 11.6. The van der Waals surface area contributed by atoms with E-state index in [1.54, 1.807) is 24.0 Å². The molecule has 1 aliphatic heterocycles. The predicted octanol–water partition coefficient (Wildman–Crippen LogP) is 3.14. The first-order valence-electron chi connectivity index (χ1n) is 7.37. The topological polar surface area (TPSA) is 60.7 Å². The summed E-state index contributed by atoms with van der Waals surface area (Å²) in [6.45, 7) is 2.84. The van der Waals surface area contributed by atoms with E-state index in [9.17, 15) is 4.79 Å². The van der Waals surface area contributed by atoms with E-state index in [0.29, 0.717) is 12.1 Å². The van der Waals surface area contributed by atoms with Crippen molar-refractivity contribution in [2.45, 2.75) is 55.6 Å². The van der Waals surface area contributed by atoms with Crippen LogP contribution in [0.15, 0.2) is 28.4 Å². The third-order valence-electron chi connectivity index (χ3n) is 3.63. The third-order valence-corrected chi connectivity index (χ3v) is 4.59. The van der Waals surface area contributed by atoms with Gasteiger partial charge in [0.15, 0.2) is 10.9 Å². The second-order valence-corrected chi connectivity index (χ2v) is 6.16. The van der Waals surface area contributed by atoms with Crippen LogP contribution in [0.4, 0.5) is 0 Å². The molecule has 3 rings (SSSR count). The highest BCUT2D eigenvalue weighted by Gasteiger charge is 2.15. The van der Waals surface area contributed by atoms with E-state index in [1.165, 1.54) is 19.3 Å². The molecule has 2 aromatic rings. The number of pyridine rings is 1. The number of Topliss-reactive ketones (excluding diaryl/α,β-unsaturated/α-hetero) is 1. The van der Waals surface area contributed by atoms with Crippen molar-refractivity contribution in [1.29, 1.82) is 0 Å². The maximum Gasteiger partial charge on any atom is 0.196 e. The van der Waals surface area contributed by atoms with Gasteiger partial charge in [-0.05, 0) is 36.7 Å². The quantitative estimate of drug-likeness (QED) is 0.812. The lowest BCUT2D eigenvalue weighted by atomic mass is 10.2. The van der Waals surface area contributed by atoms with Crippen molar-refractivity contribution >= 4 is 17.5 Å². The Labute approximate surface area is 128 Å². The van der Waals surface area contributed by atoms with E-state index in [4.69, 9.17) is 0 Å². The van der Waals surface area contributed by atoms with Crippen molar-refractivity contribution in [3.63, 3.8) is 0 Å². The molecule has 0 fully saturated rings. The first-order valence-corrected chi connectivity index (χ1v) is 8.18. The molecule has 0 N–H and O–H groups in total. The zero-order valence-corrected chi connectivity index (χ0v) is 12.9. The first kappa shape index (κ1) is 14.3. The second-order valence-electron chi connectivity index (χ2n) is 5.12. The lowest BCUT2D eigenvalue weighted by Gasteiger charge is -2.06. The largest absolute Gasteiger partial charge is 0.306 e. The predicted molar refractivity (Wildman–Crippen MR) is 80.6 cm³/mol. The van der Waals surface area contributed by atoms with Gasteiger partial charge in [-0.2, -0.15) is 0 Å². The molecule has 0 aliphatic carbocycles. The van der Waals surface area contributed by atoms with Crippen LogP contribution in [0.1, 0.15) is 48.9 Å². The Bertz CT molecular complexity index is 636. The van der Waals surface area contributed by atoms with Crippen molar-refractivity contribution in [3.8, 4) is 0 Å². The normalized spacial score (nSPS) is 14.5. The molecule has 1 aliphatic rings. The zero-order valence-electron chi connectivity index (χ0n) is 12.1. The van der Waals surface area contributed by atoms with Crippen molar-refractivity contribution in [2.24, 2.45) is 0 Å². The van der Waals surface area contributed by atoms with Gasteiger partial charge >= 0.3 is 0 Å². The van der Waals surface area contributed by atoms with Crippen LogP contribution < -0.4 is 0 Å². The smallest absolute Gasteiger partial charge is 0.196 e. The standard InChI is InChI=1S/C15H18N4OS/c1-2-13(20)12-8-7-11(10-16-12)21-15-18-17-14-6-4-3-5-9-19(14)15/h7-8,10H,2-6,9H2,1H3. The first-order chi connectivity index (χ1) is 10.3. The van der Waals surface area contributed by atoms with Gasteiger partial charge < -0.3 is 4.57 Å². The van der Waals surface area contributed by atoms with Crippen LogP contribution in [-0.4, -0.2) is 25.5 Å². The van der Waals surface area contributed by atoms with Crippen LogP contribution >= 0.6 is 11.8 Å². The molecule has 110 valence electrons. The minimum Gasteiger partial charge on any atom is -0.306 e. The monoisotopic (exact) mass is 302 g/mol. The maximum atomic E-state index is 11.6. The Kier molecular flexibility index (Phi) is 4.34. The number of hydrogen-bond donors (Lipinski definition) is 0. The van der Waals surface area contributed by atoms with Crippen molar-refractivity contribution in [3.05, 3.63) is 29.8 Å². The summed E-state index contributed by atoms with van der Waals surface area (Å²) in [5.41, 5.74) is 0.530. The summed E-state index contributed by atoms with van der Waals surface area (Å²) >= 11 is 1.56. The zero-order chi connectivity index (χ0) is 14.7. The molecule has 0 bridgehead atoms. The van der Waals surface area contributed by atoms with Gasteiger partial charge in [-0.15, -0.1) is 10.2 Å². The van der Waals surface area contributed by atoms with Gasteiger partial charge in [-0.3, -0.25) is 9.78 Å². The number of ketones is 1.